The van der Waals surface area contributed by atoms with Crippen LogP contribution < -0.4 is 0 Å². The summed E-state index contributed by atoms with van der Waals surface area (Å²) in [4.78, 5) is 14.4. The first-order valence-electron chi connectivity index (χ1n) is 8.31. The lowest BCUT2D eigenvalue weighted by molar-refractivity contribution is -0.150. The number of hydrogen-bond acceptors (Lipinski definition) is 3. The monoisotopic (exact) mass is 310 g/mol. The van der Waals surface area contributed by atoms with Gasteiger partial charge in [-0.15, -0.1) is 0 Å². The van der Waals surface area contributed by atoms with E-state index in [4.69, 9.17) is 4.52 Å². The molecular weight excluding hydrogens is 288 g/mol. The van der Waals surface area contributed by atoms with Gasteiger partial charge in [0.05, 0.1) is 12.1 Å². The highest BCUT2D eigenvalue weighted by Crippen LogP contribution is 2.56. The summed E-state index contributed by atoms with van der Waals surface area (Å²) in [6.07, 6.45) is 2.84. The third kappa shape index (κ3) is 2.46. The fraction of sp³-hybridized carbons (Fsp3) is 0.474. The van der Waals surface area contributed by atoms with E-state index in [2.05, 4.69) is 35.5 Å². The maximum Gasteiger partial charge on any atom is 0.227 e. The second kappa shape index (κ2) is 5.22. The molecule has 1 saturated heterocycles. The Bertz CT molecular complexity index is 702. The van der Waals surface area contributed by atoms with Gasteiger partial charge in [0.25, 0.3) is 0 Å². The van der Waals surface area contributed by atoms with Crippen molar-refractivity contribution in [1.29, 1.82) is 0 Å². The van der Waals surface area contributed by atoms with Crippen molar-refractivity contribution in [2.24, 2.45) is 5.41 Å². The zero-order valence-electron chi connectivity index (χ0n) is 13.7. The van der Waals surface area contributed by atoms with Gasteiger partial charge in [-0.1, -0.05) is 35.5 Å². The molecule has 2 aliphatic rings. The molecular formula is C19H22N2O2. The van der Waals surface area contributed by atoms with Crippen LogP contribution in [0.5, 0.6) is 0 Å². The quantitative estimate of drug-likeness (QED) is 0.874. The molecule has 1 aromatic heterocycles. The molecule has 4 rings (SSSR count). The number of amides is 1. The van der Waals surface area contributed by atoms with Gasteiger partial charge in [-0.3, -0.25) is 4.79 Å². The minimum absolute atomic E-state index is 0.202. The molecule has 0 N–H and O–H groups in total. The summed E-state index contributed by atoms with van der Waals surface area (Å²) in [5.74, 6) is 1.64. The first kappa shape index (κ1) is 14.5. The predicted molar refractivity (Wildman–Crippen MR) is 87.1 cm³/mol. The van der Waals surface area contributed by atoms with Crippen molar-refractivity contribution in [2.45, 2.75) is 39.0 Å². The van der Waals surface area contributed by atoms with E-state index in [0.29, 0.717) is 17.8 Å². The molecule has 1 aliphatic carbocycles. The Morgan fingerprint density at radius 3 is 2.57 bits per heavy atom. The summed E-state index contributed by atoms with van der Waals surface area (Å²) in [6.45, 7) is 5.60. The molecule has 0 atom stereocenters. The Morgan fingerprint density at radius 2 is 1.96 bits per heavy atom. The average Bonchev–Trinajstić information content (AvgIpc) is 2.77. The Hall–Kier alpha value is -2.10. The molecule has 2 aromatic rings. The first-order chi connectivity index (χ1) is 11.1. The molecule has 1 aromatic carbocycles. The van der Waals surface area contributed by atoms with Crippen LogP contribution in [0.25, 0.3) is 0 Å². The molecule has 2 heterocycles. The lowest BCUT2D eigenvalue weighted by Crippen LogP contribution is -2.63. The molecule has 0 bridgehead atoms. The predicted octanol–water partition coefficient (Wildman–Crippen LogP) is 3.24. The molecule has 120 valence electrons. The van der Waals surface area contributed by atoms with Crippen LogP contribution in [0.15, 0.2) is 34.9 Å². The molecule has 2 fully saturated rings. The third-order valence-corrected chi connectivity index (χ3v) is 5.54. The normalized spacial score (nSPS) is 19.5. The second-order valence-electron chi connectivity index (χ2n) is 7.25. The molecule has 23 heavy (non-hydrogen) atoms. The Kier molecular flexibility index (Phi) is 3.29. The maximum absolute atomic E-state index is 12.4. The van der Waals surface area contributed by atoms with Crippen molar-refractivity contribution in [3.8, 4) is 0 Å². The van der Waals surface area contributed by atoms with Crippen molar-refractivity contribution in [2.75, 3.05) is 13.1 Å². The van der Waals surface area contributed by atoms with Crippen LogP contribution in [0.1, 0.15) is 41.3 Å². The Morgan fingerprint density at radius 1 is 1.26 bits per heavy atom. The van der Waals surface area contributed by atoms with Gasteiger partial charge in [-0.05, 0) is 38.2 Å². The van der Waals surface area contributed by atoms with E-state index in [-0.39, 0.29) is 5.91 Å². The van der Waals surface area contributed by atoms with Crippen molar-refractivity contribution in [1.82, 2.24) is 10.1 Å². The summed E-state index contributed by atoms with van der Waals surface area (Å²) < 4.78 is 5.14. The summed E-state index contributed by atoms with van der Waals surface area (Å²) in [7, 11) is 0. The van der Waals surface area contributed by atoms with Crippen molar-refractivity contribution in [3.05, 3.63) is 52.9 Å². The average molecular weight is 310 g/mol. The fourth-order valence-electron chi connectivity index (χ4n) is 4.16. The third-order valence-electron chi connectivity index (χ3n) is 5.54. The first-order valence-corrected chi connectivity index (χ1v) is 8.31. The van der Waals surface area contributed by atoms with E-state index in [1.807, 2.05) is 18.7 Å². The number of nitrogens with zero attached hydrogens (tertiary/aromatic N) is 2. The Labute approximate surface area is 136 Å². The second-order valence-corrected chi connectivity index (χ2v) is 7.25. The highest BCUT2D eigenvalue weighted by atomic mass is 16.5. The van der Waals surface area contributed by atoms with Gasteiger partial charge in [0.1, 0.15) is 5.76 Å². The number of carbonyl (C=O) groups excluding carboxylic acids is 1. The number of benzene rings is 1. The minimum atomic E-state index is 0.202. The number of carbonyl (C=O) groups is 1. The zero-order chi connectivity index (χ0) is 16.0. The van der Waals surface area contributed by atoms with Gasteiger partial charge in [-0.25, -0.2) is 0 Å². The lowest BCUT2D eigenvalue weighted by Gasteiger charge is -2.59. The van der Waals surface area contributed by atoms with Crippen LogP contribution >= 0.6 is 0 Å². The summed E-state index contributed by atoms with van der Waals surface area (Å²) in [5, 5.41) is 3.93. The van der Waals surface area contributed by atoms with E-state index < -0.39 is 0 Å². The van der Waals surface area contributed by atoms with Gasteiger partial charge in [0.15, 0.2) is 0 Å². The number of rotatable bonds is 3. The summed E-state index contributed by atoms with van der Waals surface area (Å²) >= 11 is 0. The van der Waals surface area contributed by atoms with Gasteiger partial charge in [-0.2, -0.15) is 0 Å². The van der Waals surface area contributed by atoms with Crippen molar-refractivity contribution >= 4 is 5.91 Å². The molecule has 4 nitrogen and oxygen atoms in total. The number of hydrogen-bond donors (Lipinski definition) is 0. The Balaban J connectivity index is 1.32. The molecule has 1 spiro atoms. The topological polar surface area (TPSA) is 46.3 Å². The van der Waals surface area contributed by atoms with Crippen LogP contribution in [-0.4, -0.2) is 29.1 Å². The van der Waals surface area contributed by atoms with E-state index in [1.165, 1.54) is 18.4 Å². The van der Waals surface area contributed by atoms with Crippen LogP contribution in [0.2, 0.25) is 0 Å². The van der Waals surface area contributed by atoms with Gasteiger partial charge in [0, 0.05) is 24.1 Å². The van der Waals surface area contributed by atoms with E-state index in [9.17, 15) is 4.79 Å². The van der Waals surface area contributed by atoms with Gasteiger partial charge in [0.2, 0.25) is 5.91 Å². The molecule has 0 radical (unpaired) electrons. The summed E-state index contributed by atoms with van der Waals surface area (Å²) in [5.41, 5.74) is 3.61. The van der Waals surface area contributed by atoms with Crippen molar-refractivity contribution in [3.63, 3.8) is 0 Å². The van der Waals surface area contributed by atoms with Crippen LogP contribution in [0.3, 0.4) is 0 Å². The van der Waals surface area contributed by atoms with Gasteiger partial charge >= 0.3 is 0 Å². The van der Waals surface area contributed by atoms with E-state index >= 15 is 0 Å². The number of aryl methyl sites for hydroxylation is 2. The van der Waals surface area contributed by atoms with Crippen LogP contribution in [0.4, 0.5) is 0 Å². The molecule has 4 heteroatoms. The maximum atomic E-state index is 12.4. The fourth-order valence-corrected chi connectivity index (χ4v) is 4.16. The van der Waals surface area contributed by atoms with E-state index in [1.54, 1.807) is 0 Å². The molecule has 1 amide bonds. The highest BCUT2D eigenvalue weighted by molar-refractivity contribution is 5.80. The minimum Gasteiger partial charge on any atom is -0.361 e. The largest absolute Gasteiger partial charge is 0.361 e. The zero-order valence-corrected chi connectivity index (χ0v) is 13.7. The smallest absolute Gasteiger partial charge is 0.227 e. The SMILES string of the molecule is Cc1noc(C)c1CC(=O)N1CC2(CC(c3ccccc3)C2)C1. The standard InChI is InChI=1S/C19H22N2O2/c1-13-17(14(2)23-20-13)8-18(22)21-11-19(12-21)9-16(10-19)15-6-4-3-5-7-15/h3-7,16H,8-12H2,1-2H3. The molecule has 1 saturated carbocycles. The summed E-state index contributed by atoms with van der Waals surface area (Å²) in [6, 6.07) is 10.7. The highest BCUT2D eigenvalue weighted by Gasteiger charge is 2.53. The lowest BCUT2D eigenvalue weighted by atomic mass is 9.56. The molecule has 1 aliphatic heterocycles. The molecule has 0 unspecified atom stereocenters. The van der Waals surface area contributed by atoms with Crippen LogP contribution in [0, 0.1) is 19.3 Å². The number of likely N-dealkylation sites (tertiary alicyclic amines) is 1. The van der Waals surface area contributed by atoms with Crippen molar-refractivity contribution < 1.29 is 9.32 Å². The van der Waals surface area contributed by atoms with Gasteiger partial charge < -0.3 is 9.42 Å². The van der Waals surface area contributed by atoms with Crippen LogP contribution in [-0.2, 0) is 11.2 Å². The number of aromatic nitrogens is 1. The van der Waals surface area contributed by atoms with E-state index in [0.717, 1.165) is 30.1 Å².